The summed E-state index contributed by atoms with van der Waals surface area (Å²) in [6.07, 6.45) is -2.70. The van der Waals surface area contributed by atoms with Crippen LogP contribution in [0.25, 0.3) is 0 Å². The molecule has 108 valence electrons. The number of furan rings is 1. The molecule has 2 nitrogen and oxygen atoms in total. The van der Waals surface area contributed by atoms with Gasteiger partial charge in [0, 0.05) is 18.4 Å². The lowest BCUT2D eigenvalue weighted by molar-refractivity contribution is -0.137. The summed E-state index contributed by atoms with van der Waals surface area (Å²) in [5.74, 6) is 0.699. The Kier molecular flexibility index (Phi) is 4.18. The summed E-state index contributed by atoms with van der Waals surface area (Å²) >= 11 is 0. The molecule has 1 aromatic carbocycles. The second kappa shape index (κ2) is 5.71. The smallest absolute Gasteiger partial charge is 0.416 e. The summed E-state index contributed by atoms with van der Waals surface area (Å²) in [5, 5.41) is 10.1. The van der Waals surface area contributed by atoms with Gasteiger partial charge in [-0.05, 0) is 23.8 Å². The van der Waals surface area contributed by atoms with Gasteiger partial charge in [-0.15, -0.1) is 0 Å². The van der Waals surface area contributed by atoms with E-state index in [1.54, 1.807) is 6.07 Å². The Balaban J connectivity index is 2.10. The Labute approximate surface area is 114 Å². The quantitative estimate of drug-likeness (QED) is 0.915. The number of benzene rings is 1. The van der Waals surface area contributed by atoms with Gasteiger partial charge in [0.05, 0.1) is 17.9 Å². The monoisotopic (exact) mass is 284 g/mol. The molecule has 0 amide bonds. The van der Waals surface area contributed by atoms with Gasteiger partial charge in [0.1, 0.15) is 5.76 Å². The number of alkyl halides is 3. The highest BCUT2D eigenvalue weighted by Gasteiger charge is 2.30. The van der Waals surface area contributed by atoms with E-state index in [2.05, 4.69) is 0 Å². The first kappa shape index (κ1) is 14.7. The molecule has 5 heteroatoms. The van der Waals surface area contributed by atoms with Crippen molar-refractivity contribution in [1.29, 1.82) is 0 Å². The number of halogens is 3. The highest BCUT2D eigenvalue weighted by molar-refractivity contribution is 5.27. The van der Waals surface area contributed by atoms with E-state index in [9.17, 15) is 18.3 Å². The summed E-state index contributed by atoms with van der Waals surface area (Å²) in [6.45, 7) is 1.91. The van der Waals surface area contributed by atoms with Gasteiger partial charge in [0.2, 0.25) is 0 Å². The average Bonchev–Trinajstić information content (AvgIpc) is 2.86. The Morgan fingerprint density at radius 2 is 1.80 bits per heavy atom. The minimum atomic E-state index is -4.34. The van der Waals surface area contributed by atoms with E-state index in [1.165, 1.54) is 18.4 Å². The van der Waals surface area contributed by atoms with Gasteiger partial charge in [-0.3, -0.25) is 0 Å². The van der Waals surface area contributed by atoms with Crippen molar-refractivity contribution in [2.75, 3.05) is 0 Å². The fourth-order valence-corrected chi connectivity index (χ4v) is 2.10. The molecule has 0 saturated heterocycles. The van der Waals surface area contributed by atoms with Crippen LogP contribution in [0, 0.1) is 0 Å². The van der Waals surface area contributed by atoms with E-state index in [1.807, 2.05) is 6.92 Å². The van der Waals surface area contributed by atoms with Gasteiger partial charge in [-0.25, -0.2) is 0 Å². The van der Waals surface area contributed by atoms with Gasteiger partial charge in [-0.1, -0.05) is 19.1 Å². The zero-order chi connectivity index (χ0) is 14.8. The molecule has 0 bridgehead atoms. The van der Waals surface area contributed by atoms with Crippen LogP contribution in [0.2, 0.25) is 0 Å². The van der Waals surface area contributed by atoms with Gasteiger partial charge >= 0.3 is 6.18 Å². The first-order valence-corrected chi connectivity index (χ1v) is 6.32. The van der Waals surface area contributed by atoms with Crippen molar-refractivity contribution in [3.63, 3.8) is 0 Å². The lowest BCUT2D eigenvalue weighted by Gasteiger charge is -2.12. The molecule has 1 unspecified atom stereocenters. The molecule has 0 aliphatic rings. The third-order valence-electron chi connectivity index (χ3n) is 3.17. The van der Waals surface area contributed by atoms with Crippen molar-refractivity contribution < 1.29 is 22.7 Å². The van der Waals surface area contributed by atoms with Crippen molar-refractivity contribution in [2.24, 2.45) is 0 Å². The number of rotatable bonds is 4. The van der Waals surface area contributed by atoms with Crippen molar-refractivity contribution in [3.8, 4) is 0 Å². The average molecular weight is 284 g/mol. The molecule has 20 heavy (non-hydrogen) atoms. The molecule has 0 aliphatic carbocycles. The molecule has 1 aromatic heterocycles. The van der Waals surface area contributed by atoms with Crippen LogP contribution in [0.3, 0.4) is 0 Å². The van der Waals surface area contributed by atoms with Crippen LogP contribution in [-0.4, -0.2) is 5.11 Å². The van der Waals surface area contributed by atoms with E-state index in [0.717, 1.165) is 12.1 Å². The predicted molar refractivity (Wildman–Crippen MR) is 68.2 cm³/mol. The molecule has 0 aliphatic heterocycles. The number of hydrogen-bond acceptors (Lipinski definition) is 2. The van der Waals surface area contributed by atoms with E-state index < -0.39 is 17.8 Å². The van der Waals surface area contributed by atoms with Crippen LogP contribution in [-0.2, 0) is 19.0 Å². The maximum atomic E-state index is 12.4. The highest BCUT2D eigenvalue weighted by Crippen LogP contribution is 2.30. The summed E-state index contributed by atoms with van der Waals surface area (Å²) < 4.78 is 42.6. The predicted octanol–water partition coefficient (Wildman–Crippen LogP) is 4.14. The molecule has 1 atom stereocenters. The van der Waals surface area contributed by atoms with Gasteiger partial charge in [-0.2, -0.15) is 13.2 Å². The molecular formula is C15H15F3O2. The van der Waals surface area contributed by atoms with Crippen LogP contribution < -0.4 is 0 Å². The number of aryl methyl sites for hydroxylation is 1. The Morgan fingerprint density at radius 3 is 2.35 bits per heavy atom. The van der Waals surface area contributed by atoms with Crippen molar-refractivity contribution >= 4 is 0 Å². The maximum absolute atomic E-state index is 12.4. The normalized spacial score (nSPS) is 13.4. The summed E-state index contributed by atoms with van der Waals surface area (Å²) in [4.78, 5) is 0. The Bertz CT molecular complexity index is 555. The Hall–Kier alpha value is -1.75. The fraction of sp³-hybridized carbons (Fsp3) is 0.333. The Morgan fingerprint density at radius 1 is 1.15 bits per heavy atom. The van der Waals surface area contributed by atoms with E-state index >= 15 is 0 Å². The molecule has 0 saturated carbocycles. The van der Waals surface area contributed by atoms with Crippen LogP contribution in [0.5, 0.6) is 0 Å². The topological polar surface area (TPSA) is 33.4 Å². The molecule has 0 fully saturated rings. The van der Waals surface area contributed by atoms with Crippen LogP contribution in [0.15, 0.2) is 41.0 Å². The summed E-state index contributed by atoms with van der Waals surface area (Å²) in [5.41, 5.74) is 0.648. The van der Waals surface area contributed by atoms with Crippen LogP contribution >= 0.6 is 0 Å². The number of aliphatic hydroxyl groups excluding tert-OH is 1. The summed E-state index contributed by atoms with van der Waals surface area (Å²) in [6, 6.07) is 6.51. The number of hydrogen-bond donors (Lipinski definition) is 1. The molecule has 1 N–H and O–H groups in total. The molecule has 0 spiro atoms. The highest BCUT2D eigenvalue weighted by atomic mass is 19.4. The zero-order valence-corrected chi connectivity index (χ0v) is 10.9. The standard InChI is InChI=1S/C15H15F3O2/c1-2-14-12(7-8-20-14)13(19)9-10-3-5-11(6-4-10)15(16,17)18/h3-8,13,19H,2,9H2,1H3. The van der Waals surface area contributed by atoms with Gasteiger partial charge < -0.3 is 9.52 Å². The van der Waals surface area contributed by atoms with Crippen molar-refractivity contribution in [1.82, 2.24) is 0 Å². The van der Waals surface area contributed by atoms with Crippen molar-refractivity contribution in [2.45, 2.75) is 32.0 Å². The second-order valence-corrected chi connectivity index (χ2v) is 4.57. The van der Waals surface area contributed by atoms with Crippen LogP contribution in [0.1, 0.15) is 35.5 Å². The van der Waals surface area contributed by atoms with E-state index in [0.29, 0.717) is 23.3 Å². The first-order valence-electron chi connectivity index (χ1n) is 6.32. The molecule has 2 aromatic rings. The first-order chi connectivity index (χ1) is 9.41. The summed E-state index contributed by atoms with van der Waals surface area (Å²) in [7, 11) is 0. The van der Waals surface area contributed by atoms with Gasteiger partial charge in [0.25, 0.3) is 0 Å². The third-order valence-corrected chi connectivity index (χ3v) is 3.17. The minimum Gasteiger partial charge on any atom is -0.469 e. The maximum Gasteiger partial charge on any atom is 0.416 e. The van der Waals surface area contributed by atoms with E-state index in [4.69, 9.17) is 4.42 Å². The molecule has 1 heterocycles. The molecular weight excluding hydrogens is 269 g/mol. The lowest BCUT2D eigenvalue weighted by atomic mass is 10.00. The van der Waals surface area contributed by atoms with Crippen molar-refractivity contribution in [3.05, 3.63) is 59.0 Å². The third kappa shape index (κ3) is 3.22. The lowest BCUT2D eigenvalue weighted by Crippen LogP contribution is -2.06. The molecule has 0 radical (unpaired) electrons. The van der Waals surface area contributed by atoms with E-state index in [-0.39, 0.29) is 6.42 Å². The molecule has 2 rings (SSSR count). The van der Waals surface area contributed by atoms with Crippen LogP contribution in [0.4, 0.5) is 13.2 Å². The SMILES string of the molecule is CCc1occc1C(O)Cc1ccc(C(F)(F)F)cc1. The zero-order valence-electron chi connectivity index (χ0n) is 10.9. The minimum absolute atomic E-state index is 0.255. The number of aliphatic hydroxyl groups is 1. The van der Waals surface area contributed by atoms with Gasteiger partial charge in [0.15, 0.2) is 0 Å². The largest absolute Gasteiger partial charge is 0.469 e. The second-order valence-electron chi connectivity index (χ2n) is 4.57. The fourth-order valence-electron chi connectivity index (χ4n) is 2.10.